The lowest BCUT2D eigenvalue weighted by atomic mass is 10.2. The molecule has 1 amide bonds. The SMILES string of the molecule is O=C(Cc1coc(-c2ccc(F)c(F)c2)n1)N1CCCC1. The maximum Gasteiger partial charge on any atom is 0.228 e. The summed E-state index contributed by atoms with van der Waals surface area (Å²) in [6.45, 7) is 1.57. The summed E-state index contributed by atoms with van der Waals surface area (Å²) in [6.07, 6.45) is 3.60. The fourth-order valence-corrected chi connectivity index (χ4v) is 2.38. The van der Waals surface area contributed by atoms with E-state index in [4.69, 9.17) is 4.42 Å². The average Bonchev–Trinajstić information content (AvgIpc) is 3.12. The van der Waals surface area contributed by atoms with Crippen LogP contribution < -0.4 is 0 Å². The van der Waals surface area contributed by atoms with Gasteiger partial charge in [-0.15, -0.1) is 0 Å². The van der Waals surface area contributed by atoms with Gasteiger partial charge in [-0.25, -0.2) is 13.8 Å². The number of halogens is 2. The molecule has 0 saturated carbocycles. The van der Waals surface area contributed by atoms with Gasteiger partial charge in [-0.05, 0) is 31.0 Å². The quantitative estimate of drug-likeness (QED) is 0.874. The third-order valence-corrected chi connectivity index (χ3v) is 3.51. The third-order valence-electron chi connectivity index (χ3n) is 3.51. The number of hydrogen-bond acceptors (Lipinski definition) is 3. The fraction of sp³-hybridized carbons (Fsp3) is 0.333. The molecule has 0 unspecified atom stereocenters. The molecule has 0 spiro atoms. The lowest BCUT2D eigenvalue weighted by molar-refractivity contribution is -0.129. The summed E-state index contributed by atoms with van der Waals surface area (Å²) in [4.78, 5) is 18.0. The van der Waals surface area contributed by atoms with Gasteiger partial charge in [0, 0.05) is 18.7 Å². The van der Waals surface area contributed by atoms with E-state index >= 15 is 0 Å². The Morgan fingerprint density at radius 2 is 2.00 bits per heavy atom. The maximum absolute atomic E-state index is 13.2. The zero-order chi connectivity index (χ0) is 14.8. The van der Waals surface area contributed by atoms with Crippen LogP contribution in [0, 0.1) is 11.6 Å². The summed E-state index contributed by atoms with van der Waals surface area (Å²) in [6, 6.07) is 3.42. The van der Waals surface area contributed by atoms with Crippen molar-refractivity contribution >= 4 is 5.91 Å². The summed E-state index contributed by atoms with van der Waals surface area (Å²) in [5, 5.41) is 0. The fourth-order valence-electron chi connectivity index (χ4n) is 2.38. The number of benzene rings is 1. The molecule has 21 heavy (non-hydrogen) atoms. The first-order valence-corrected chi connectivity index (χ1v) is 6.81. The van der Waals surface area contributed by atoms with Crippen LogP contribution in [0.15, 0.2) is 28.9 Å². The zero-order valence-electron chi connectivity index (χ0n) is 11.3. The Bertz CT molecular complexity index is 663. The Kier molecular flexibility index (Phi) is 3.68. The molecule has 0 bridgehead atoms. The smallest absolute Gasteiger partial charge is 0.228 e. The Balaban J connectivity index is 1.73. The molecule has 0 atom stereocenters. The van der Waals surface area contributed by atoms with Crippen LogP contribution >= 0.6 is 0 Å². The Hall–Kier alpha value is -2.24. The van der Waals surface area contributed by atoms with Gasteiger partial charge < -0.3 is 9.32 Å². The molecule has 6 heteroatoms. The summed E-state index contributed by atoms with van der Waals surface area (Å²) >= 11 is 0. The van der Waals surface area contributed by atoms with Crippen molar-refractivity contribution in [1.29, 1.82) is 0 Å². The van der Waals surface area contributed by atoms with E-state index in [0.29, 0.717) is 11.3 Å². The van der Waals surface area contributed by atoms with Crippen LogP contribution in [0.25, 0.3) is 11.5 Å². The molecule has 1 aromatic heterocycles. The van der Waals surface area contributed by atoms with Crippen molar-refractivity contribution in [2.45, 2.75) is 19.3 Å². The number of carbonyl (C=O) groups is 1. The van der Waals surface area contributed by atoms with Gasteiger partial charge in [0.2, 0.25) is 11.8 Å². The standard InChI is InChI=1S/C15H14F2N2O2/c16-12-4-3-10(7-13(12)17)15-18-11(9-21-15)8-14(20)19-5-1-2-6-19/h3-4,7,9H,1-2,5-6,8H2. The number of aromatic nitrogens is 1. The van der Waals surface area contributed by atoms with Crippen molar-refractivity contribution in [3.8, 4) is 11.5 Å². The van der Waals surface area contributed by atoms with Gasteiger partial charge >= 0.3 is 0 Å². The summed E-state index contributed by atoms with van der Waals surface area (Å²) < 4.78 is 31.3. The number of rotatable bonds is 3. The molecule has 4 nitrogen and oxygen atoms in total. The molecule has 1 aliphatic heterocycles. The molecule has 1 saturated heterocycles. The van der Waals surface area contributed by atoms with Crippen LogP contribution in [0.3, 0.4) is 0 Å². The highest BCUT2D eigenvalue weighted by atomic mass is 19.2. The van der Waals surface area contributed by atoms with Gasteiger partial charge in [-0.3, -0.25) is 4.79 Å². The molecule has 2 heterocycles. The predicted octanol–water partition coefficient (Wildman–Crippen LogP) is 2.78. The first-order valence-electron chi connectivity index (χ1n) is 6.81. The van der Waals surface area contributed by atoms with Gasteiger partial charge in [-0.2, -0.15) is 0 Å². The molecule has 1 fully saturated rings. The highest BCUT2D eigenvalue weighted by Crippen LogP contribution is 2.21. The van der Waals surface area contributed by atoms with E-state index in [0.717, 1.165) is 38.1 Å². The molecule has 3 rings (SSSR count). The number of oxazole rings is 1. The average molecular weight is 292 g/mol. The minimum absolute atomic E-state index is 0.0117. The molecule has 1 aromatic carbocycles. The van der Waals surface area contributed by atoms with Gasteiger partial charge in [0.1, 0.15) is 6.26 Å². The number of likely N-dealkylation sites (tertiary alicyclic amines) is 1. The number of carbonyl (C=O) groups excluding carboxylic acids is 1. The number of hydrogen-bond donors (Lipinski definition) is 0. The molecule has 1 aliphatic rings. The van der Waals surface area contributed by atoms with Crippen LogP contribution in [-0.2, 0) is 11.2 Å². The maximum atomic E-state index is 13.2. The van der Waals surface area contributed by atoms with Crippen molar-refractivity contribution in [3.63, 3.8) is 0 Å². The van der Waals surface area contributed by atoms with Crippen molar-refractivity contribution in [2.75, 3.05) is 13.1 Å². The lowest BCUT2D eigenvalue weighted by Gasteiger charge is -2.13. The van der Waals surface area contributed by atoms with E-state index < -0.39 is 11.6 Å². The molecule has 0 aliphatic carbocycles. The van der Waals surface area contributed by atoms with E-state index in [-0.39, 0.29) is 18.2 Å². The zero-order valence-corrected chi connectivity index (χ0v) is 11.3. The first-order chi connectivity index (χ1) is 10.1. The Labute approximate surface area is 120 Å². The highest BCUT2D eigenvalue weighted by molar-refractivity contribution is 5.78. The van der Waals surface area contributed by atoms with Gasteiger partial charge in [0.15, 0.2) is 11.6 Å². The summed E-state index contributed by atoms with van der Waals surface area (Å²) in [5.74, 6) is -1.69. The van der Waals surface area contributed by atoms with Crippen molar-refractivity contribution in [3.05, 3.63) is 41.8 Å². The second-order valence-corrected chi connectivity index (χ2v) is 5.04. The molecular weight excluding hydrogens is 278 g/mol. The van der Waals surface area contributed by atoms with Crippen LogP contribution in [0.4, 0.5) is 8.78 Å². The molecule has 2 aromatic rings. The second-order valence-electron chi connectivity index (χ2n) is 5.04. The molecule has 0 N–H and O–H groups in total. The van der Waals surface area contributed by atoms with Gasteiger partial charge in [-0.1, -0.05) is 0 Å². The van der Waals surface area contributed by atoms with Crippen LogP contribution in [0.5, 0.6) is 0 Å². The second kappa shape index (κ2) is 5.63. The third kappa shape index (κ3) is 2.94. The minimum Gasteiger partial charge on any atom is -0.444 e. The van der Waals surface area contributed by atoms with Crippen LogP contribution in [-0.4, -0.2) is 28.9 Å². The first kappa shape index (κ1) is 13.7. The van der Waals surface area contributed by atoms with Crippen LogP contribution in [0.2, 0.25) is 0 Å². The van der Waals surface area contributed by atoms with Crippen molar-refractivity contribution in [1.82, 2.24) is 9.88 Å². The normalized spacial score (nSPS) is 14.7. The van der Waals surface area contributed by atoms with Gasteiger partial charge in [0.05, 0.1) is 12.1 Å². The summed E-state index contributed by atoms with van der Waals surface area (Å²) in [5.41, 5.74) is 0.834. The molecular formula is C15H14F2N2O2. The number of amides is 1. The number of nitrogens with zero attached hydrogens (tertiary/aromatic N) is 2. The van der Waals surface area contributed by atoms with E-state index in [1.54, 1.807) is 4.90 Å². The van der Waals surface area contributed by atoms with E-state index in [1.807, 2.05) is 0 Å². The monoisotopic (exact) mass is 292 g/mol. The van der Waals surface area contributed by atoms with E-state index in [1.165, 1.54) is 12.3 Å². The highest BCUT2D eigenvalue weighted by Gasteiger charge is 2.19. The molecule has 110 valence electrons. The topological polar surface area (TPSA) is 46.3 Å². The lowest BCUT2D eigenvalue weighted by Crippen LogP contribution is -2.29. The summed E-state index contributed by atoms with van der Waals surface area (Å²) in [7, 11) is 0. The van der Waals surface area contributed by atoms with Crippen molar-refractivity contribution < 1.29 is 18.0 Å². The van der Waals surface area contributed by atoms with Gasteiger partial charge in [0.25, 0.3) is 0 Å². The van der Waals surface area contributed by atoms with E-state index in [9.17, 15) is 13.6 Å². The van der Waals surface area contributed by atoms with E-state index in [2.05, 4.69) is 4.98 Å². The van der Waals surface area contributed by atoms with Crippen LogP contribution in [0.1, 0.15) is 18.5 Å². The Morgan fingerprint density at radius 3 is 2.71 bits per heavy atom. The molecule has 0 radical (unpaired) electrons. The Morgan fingerprint density at radius 1 is 1.24 bits per heavy atom. The predicted molar refractivity (Wildman–Crippen MR) is 71.4 cm³/mol. The largest absolute Gasteiger partial charge is 0.444 e. The van der Waals surface area contributed by atoms with Crippen molar-refractivity contribution in [2.24, 2.45) is 0 Å². The minimum atomic E-state index is -0.958.